The van der Waals surface area contributed by atoms with Crippen molar-refractivity contribution >= 4 is 0 Å². The number of nitriles is 1. The van der Waals surface area contributed by atoms with E-state index < -0.39 is 0 Å². The van der Waals surface area contributed by atoms with E-state index in [0.29, 0.717) is 0 Å². The summed E-state index contributed by atoms with van der Waals surface area (Å²) in [5.74, 6) is 0.259. The predicted octanol–water partition coefficient (Wildman–Crippen LogP) is 4.06. The number of hydrogen-bond donors (Lipinski definition) is 0. The smallest absolute Gasteiger partial charge is 0.0655 e. The van der Waals surface area contributed by atoms with Crippen LogP contribution < -0.4 is 0 Å². The van der Waals surface area contributed by atoms with E-state index in [4.69, 9.17) is 5.26 Å². The van der Waals surface area contributed by atoms with Crippen molar-refractivity contribution in [3.8, 4) is 6.07 Å². The Hall–Kier alpha value is -0.770. The van der Waals surface area contributed by atoms with Gasteiger partial charge in [0.05, 0.1) is 6.07 Å². The molecule has 0 aliphatic carbocycles. The molecule has 0 bridgehead atoms. The van der Waals surface area contributed by atoms with Gasteiger partial charge in [-0.2, -0.15) is 5.26 Å². The maximum absolute atomic E-state index is 8.82. The molecule has 0 aromatic rings. The standard InChI is InChI=1S/C12H21N/c1-3-5-7-8-10-12(11-13)9-6-4-2/h4,12H,2-3,5-10H2,1H3. The zero-order valence-corrected chi connectivity index (χ0v) is 8.76. The van der Waals surface area contributed by atoms with Crippen LogP contribution in [-0.4, -0.2) is 0 Å². The summed E-state index contributed by atoms with van der Waals surface area (Å²) in [6.45, 7) is 5.88. The van der Waals surface area contributed by atoms with Crippen molar-refractivity contribution in [3.05, 3.63) is 12.7 Å². The van der Waals surface area contributed by atoms with E-state index in [2.05, 4.69) is 19.6 Å². The molecule has 0 rings (SSSR count). The van der Waals surface area contributed by atoms with Gasteiger partial charge in [0, 0.05) is 5.92 Å². The Labute approximate surface area is 82.5 Å². The highest BCUT2D eigenvalue weighted by molar-refractivity contribution is 4.84. The van der Waals surface area contributed by atoms with Gasteiger partial charge in [-0.05, 0) is 19.3 Å². The molecule has 1 nitrogen and oxygen atoms in total. The third-order valence-electron chi connectivity index (χ3n) is 2.31. The molecule has 13 heavy (non-hydrogen) atoms. The second kappa shape index (κ2) is 9.32. The minimum Gasteiger partial charge on any atom is -0.198 e. The molecule has 0 saturated carbocycles. The van der Waals surface area contributed by atoms with Crippen molar-refractivity contribution in [2.45, 2.75) is 51.9 Å². The van der Waals surface area contributed by atoms with E-state index >= 15 is 0 Å². The first kappa shape index (κ1) is 12.2. The highest BCUT2D eigenvalue weighted by atomic mass is 14.3. The van der Waals surface area contributed by atoms with E-state index in [1.165, 1.54) is 25.7 Å². The fourth-order valence-electron chi connectivity index (χ4n) is 1.41. The first-order valence-electron chi connectivity index (χ1n) is 5.35. The molecule has 0 spiro atoms. The van der Waals surface area contributed by atoms with Gasteiger partial charge in [-0.15, -0.1) is 6.58 Å². The molecular formula is C12H21N. The van der Waals surface area contributed by atoms with Crippen molar-refractivity contribution in [3.63, 3.8) is 0 Å². The van der Waals surface area contributed by atoms with Gasteiger partial charge in [0.15, 0.2) is 0 Å². The molecule has 0 amide bonds. The molecule has 0 aliphatic heterocycles. The van der Waals surface area contributed by atoms with Crippen LogP contribution in [0.25, 0.3) is 0 Å². The lowest BCUT2D eigenvalue weighted by Gasteiger charge is -2.06. The molecule has 74 valence electrons. The molecule has 0 N–H and O–H groups in total. The maximum atomic E-state index is 8.82. The van der Waals surface area contributed by atoms with Crippen LogP contribution in [0.1, 0.15) is 51.9 Å². The molecule has 0 heterocycles. The van der Waals surface area contributed by atoms with Gasteiger partial charge in [0.2, 0.25) is 0 Å². The number of unbranched alkanes of at least 4 members (excludes halogenated alkanes) is 3. The fourth-order valence-corrected chi connectivity index (χ4v) is 1.41. The minimum absolute atomic E-state index is 0.259. The lowest BCUT2D eigenvalue weighted by Crippen LogP contribution is -1.96. The third kappa shape index (κ3) is 7.59. The number of rotatable bonds is 8. The Morgan fingerprint density at radius 3 is 2.62 bits per heavy atom. The highest BCUT2D eigenvalue weighted by Crippen LogP contribution is 2.15. The Bertz CT molecular complexity index is 155. The molecule has 1 heteroatoms. The van der Waals surface area contributed by atoms with E-state index in [9.17, 15) is 0 Å². The van der Waals surface area contributed by atoms with Gasteiger partial charge in [-0.1, -0.05) is 38.7 Å². The summed E-state index contributed by atoms with van der Waals surface area (Å²) in [5.41, 5.74) is 0. The van der Waals surface area contributed by atoms with Crippen LogP contribution in [0.2, 0.25) is 0 Å². The topological polar surface area (TPSA) is 23.8 Å². The Kier molecular flexibility index (Phi) is 8.77. The van der Waals surface area contributed by atoms with Gasteiger partial charge >= 0.3 is 0 Å². The lowest BCUT2D eigenvalue weighted by atomic mass is 9.97. The van der Waals surface area contributed by atoms with Crippen LogP contribution in [0.5, 0.6) is 0 Å². The maximum Gasteiger partial charge on any atom is 0.0655 e. The average Bonchev–Trinajstić information content (AvgIpc) is 2.17. The fraction of sp³-hybridized carbons (Fsp3) is 0.750. The van der Waals surface area contributed by atoms with Gasteiger partial charge in [0.25, 0.3) is 0 Å². The number of allylic oxidation sites excluding steroid dienone is 1. The minimum atomic E-state index is 0.259. The van der Waals surface area contributed by atoms with Crippen molar-refractivity contribution in [1.29, 1.82) is 5.26 Å². The second-order valence-corrected chi connectivity index (χ2v) is 3.54. The summed E-state index contributed by atoms with van der Waals surface area (Å²) in [6, 6.07) is 2.37. The monoisotopic (exact) mass is 179 g/mol. The lowest BCUT2D eigenvalue weighted by molar-refractivity contribution is 0.513. The van der Waals surface area contributed by atoms with E-state index in [1.807, 2.05) is 6.08 Å². The number of hydrogen-bond acceptors (Lipinski definition) is 1. The van der Waals surface area contributed by atoms with Crippen LogP contribution in [0.4, 0.5) is 0 Å². The highest BCUT2D eigenvalue weighted by Gasteiger charge is 2.04. The van der Waals surface area contributed by atoms with Gasteiger partial charge in [-0.3, -0.25) is 0 Å². The Morgan fingerprint density at radius 1 is 1.31 bits per heavy atom. The van der Waals surface area contributed by atoms with Crippen LogP contribution in [0.15, 0.2) is 12.7 Å². The Morgan fingerprint density at radius 2 is 2.08 bits per heavy atom. The zero-order chi connectivity index (χ0) is 9.94. The van der Waals surface area contributed by atoms with Gasteiger partial charge < -0.3 is 0 Å². The summed E-state index contributed by atoms with van der Waals surface area (Å²) < 4.78 is 0. The van der Waals surface area contributed by atoms with Gasteiger partial charge in [0.1, 0.15) is 0 Å². The van der Waals surface area contributed by atoms with E-state index in [-0.39, 0.29) is 5.92 Å². The summed E-state index contributed by atoms with van der Waals surface area (Å²) in [4.78, 5) is 0. The zero-order valence-electron chi connectivity index (χ0n) is 8.76. The average molecular weight is 179 g/mol. The molecule has 1 unspecified atom stereocenters. The quantitative estimate of drug-likeness (QED) is 0.407. The van der Waals surface area contributed by atoms with Crippen LogP contribution in [-0.2, 0) is 0 Å². The molecule has 0 saturated heterocycles. The first-order chi connectivity index (χ1) is 6.35. The normalized spacial score (nSPS) is 12.0. The van der Waals surface area contributed by atoms with E-state index in [0.717, 1.165) is 19.3 Å². The molecule has 1 atom stereocenters. The second-order valence-electron chi connectivity index (χ2n) is 3.54. The van der Waals surface area contributed by atoms with E-state index in [1.54, 1.807) is 0 Å². The first-order valence-corrected chi connectivity index (χ1v) is 5.35. The molecule has 0 radical (unpaired) electrons. The molecular weight excluding hydrogens is 158 g/mol. The summed E-state index contributed by atoms with van der Waals surface area (Å²) in [7, 11) is 0. The van der Waals surface area contributed by atoms with Crippen LogP contribution in [0.3, 0.4) is 0 Å². The predicted molar refractivity (Wildman–Crippen MR) is 57.3 cm³/mol. The third-order valence-corrected chi connectivity index (χ3v) is 2.31. The SMILES string of the molecule is C=CCCC(C#N)CCCCCC. The molecule has 0 aromatic carbocycles. The summed E-state index contributed by atoms with van der Waals surface area (Å²) in [5, 5.41) is 8.82. The van der Waals surface area contributed by atoms with Crippen molar-refractivity contribution in [2.75, 3.05) is 0 Å². The number of nitrogens with zero attached hydrogens (tertiary/aromatic N) is 1. The largest absolute Gasteiger partial charge is 0.198 e. The van der Waals surface area contributed by atoms with Crippen LogP contribution >= 0.6 is 0 Å². The van der Waals surface area contributed by atoms with Crippen molar-refractivity contribution in [2.24, 2.45) is 5.92 Å². The Balaban J connectivity index is 3.37. The van der Waals surface area contributed by atoms with Gasteiger partial charge in [-0.25, -0.2) is 0 Å². The van der Waals surface area contributed by atoms with Crippen molar-refractivity contribution < 1.29 is 0 Å². The molecule has 0 fully saturated rings. The van der Waals surface area contributed by atoms with Crippen molar-refractivity contribution in [1.82, 2.24) is 0 Å². The van der Waals surface area contributed by atoms with Crippen LogP contribution in [0, 0.1) is 17.2 Å². The molecule has 0 aromatic heterocycles. The summed E-state index contributed by atoms with van der Waals surface area (Å²) >= 11 is 0. The molecule has 0 aliphatic rings. The summed E-state index contributed by atoms with van der Waals surface area (Å²) in [6.07, 6.45) is 10.0.